The first-order chi connectivity index (χ1) is 9.74. The van der Waals surface area contributed by atoms with Gasteiger partial charge in [-0.1, -0.05) is 37.1 Å². The Kier molecular flexibility index (Phi) is 8.83. The van der Waals surface area contributed by atoms with Crippen LogP contribution < -0.4 is 10.1 Å². The van der Waals surface area contributed by atoms with Crippen LogP contribution in [0.5, 0.6) is 5.75 Å². The summed E-state index contributed by atoms with van der Waals surface area (Å²) in [6.45, 7) is 4.16. The van der Waals surface area contributed by atoms with Gasteiger partial charge in [-0.15, -0.1) is 0 Å². The summed E-state index contributed by atoms with van der Waals surface area (Å²) in [5, 5.41) is 3.28. The van der Waals surface area contributed by atoms with E-state index < -0.39 is 0 Å². The minimum Gasteiger partial charge on any atom is -0.482 e. The normalized spacial score (nSPS) is 10.3. The fraction of sp³-hybridized carbons (Fsp3) is 0.533. The van der Waals surface area contributed by atoms with Gasteiger partial charge in [0.15, 0.2) is 6.61 Å². The van der Waals surface area contributed by atoms with E-state index in [0.29, 0.717) is 23.9 Å². The van der Waals surface area contributed by atoms with Gasteiger partial charge in [0.2, 0.25) is 0 Å². The molecule has 0 radical (unpaired) electrons. The van der Waals surface area contributed by atoms with Crippen LogP contribution in [0.15, 0.2) is 24.3 Å². The lowest BCUT2D eigenvalue weighted by molar-refractivity contribution is -0.123. The van der Waals surface area contributed by atoms with E-state index in [9.17, 15) is 4.79 Å². The highest BCUT2D eigenvalue weighted by Crippen LogP contribution is 2.22. The van der Waals surface area contributed by atoms with Crippen molar-refractivity contribution >= 4 is 17.5 Å². The van der Waals surface area contributed by atoms with Crippen LogP contribution >= 0.6 is 11.6 Å². The van der Waals surface area contributed by atoms with E-state index in [4.69, 9.17) is 21.1 Å². The van der Waals surface area contributed by atoms with E-state index in [0.717, 1.165) is 25.9 Å². The van der Waals surface area contributed by atoms with Gasteiger partial charge in [-0.05, 0) is 25.0 Å². The topological polar surface area (TPSA) is 47.6 Å². The maximum absolute atomic E-state index is 11.5. The molecule has 1 aromatic carbocycles. The zero-order chi connectivity index (χ0) is 14.6. The number of hydrogen-bond donors (Lipinski definition) is 1. The predicted octanol–water partition coefficient (Wildman–Crippen LogP) is 3.04. The van der Waals surface area contributed by atoms with Crippen molar-refractivity contribution in [2.24, 2.45) is 0 Å². The van der Waals surface area contributed by atoms with Crippen LogP contribution in [-0.2, 0) is 9.53 Å². The first-order valence-electron chi connectivity index (χ1n) is 6.95. The molecule has 0 unspecified atom stereocenters. The lowest BCUT2D eigenvalue weighted by atomic mass is 10.3. The van der Waals surface area contributed by atoms with Gasteiger partial charge < -0.3 is 14.8 Å². The summed E-state index contributed by atoms with van der Waals surface area (Å²) in [5.74, 6) is 0.366. The van der Waals surface area contributed by atoms with Crippen LogP contribution in [0.25, 0.3) is 0 Å². The number of unbranched alkanes of at least 4 members (excludes halogenated alkanes) is 1. The predicted molar refractivity (Wildman–Crippen MR) is 80.3 cm³/mol. The standard InChI is InChI=1S/C15H22ClNO3/c1-2-3-10-19-11-6-9-17-15(18)12-20-14-8-5-4-7-13(14)16/h4-5,7-8H,2-3,6,9-12H2,1H3,(H,17,18). The molecule has 0 aliphatic rings. The van der Waals surface area contributed by atoms with Crippen molar-refractivity contribution < 1.29 is 14.3 Å². The van der Waals surface area contributed by atoms with E-state index in [2.05, 4.69) is 12.2 Å². The number of amides is 1. The maximum atomic E-state index is 11.5. The Bertz CT molecular complexity index is 398. The molecule has 0 aromatic heterocycles. The summed E-state index contributed by atoms with van der Waals surface area (Å²) < 4.78 is 10.7. The van der Waals surface area contributed by atoms with Crippen molar-refractivity contribution in [3.05, 3.63) is 29.3 Å². The highest BCUT2D eigenvalue weighted by Gasteiger charge is 2.04. The molecule has 1 N–H and O–H groups in total. The third kappa shape index (κ3) is 7.36. The van der Waals surface area contributed by atoms with Crippen molar-refractivity contribution in [1.82, 2.24) is 5.32 Å². The second-order valence-electron chi connectivity index (χ2n) is 4.39. The number of para-hydroxylation sites is 1. The Morgan fingerprint density at radius 2 is 2.00 bits per heavy atom. The minimum absolute atomic E-state index is 0.0274. The molecule has 1 amide bonds. The largest absolute Gasteiger partial charge is 0.482 e. The minimum atomic E-state index is -0.154. The first kappa shape index (κ1) is 16.8. The van der Waals surface area contributed by atoms with Crippen LogP contribution in [0, 0.1) is 0 Å². The zero-order valence-corrected chi connectivity index (χ0v) is 12.6. The smallest absolute Gasteiger partial charge is 0.257 e. The van der Waals surface area contributed by atoms with Crippen molar-refractivity contribution in [1.29, 1.82) is 0 Å². The summed E-state index contributed by atoms with van der Waals surface area (Å²) in [6, 6.07) is 7.08. The molecule has 5 heteroatoms. The SMILES string of the molecule is CCCCOCCCNC(=O)COc1ccccc1Cl. The molecule has 0 aliphatic carbocycles. The Morgan fingerprint density at radius 1 is 1.25 bits per heavy atom. The Hall–Kier alpha value is -1.26. The molecule has 1 rings (SSSR count). The molecule has 0 bridgehead atoms. The van der Waals surface area contributed by atoms with Crippen molar-refractivity contribution in [3.63, 3.8) is 0 Å². The Morgan fingerprint density at radius 3 is 2.75 bits per heavy atom. The van der Waals surface area contributed by atoms with Gasteiger partial charge in [0.25, 0.3) is 5.91 Å². The molecule has 0 heterocycles. The van der Waals surface area contributed by atoms with Crippen LogP contribution in [0.4, 0.5) is 0 Å². The van der Waals surface area contributed by atoms with E-state index in [1.165, 1.54) is 0 Å². The van der Waals surface area contributed by atoms with Crippen molar-refractivity contribution in [2.45, 2.75) is 26.2 Å². The molecule has 0 aliphatic heterocycles. The van der Waals surface area contributed by atoms with Gasteiger partial charge in [0, 0.05) is 19.8 Å². The van der Waals surface area contributed by atoms with Crippen LogP contribution in [0.2, 0.25) is 5.02 Å². The lowest BCUT2D eigenvalue weighted by Gasteiger charge is -2.08. The molecule has 0 fully saturated rings. The third-order valence-electron chi connectivity index (χ3n) is 2.63. The van der Waals surface area contributed by atoms with E-state index in [1.54, 1.807) is 12.1 Å². The van der Waals surface area contributed by atoms with E-state index in [-0.39, 0.29) is 12.5 Å². The number of carbonyl (C=O) groups excluding carboxylic acids is 1. The van der Waals surface area contributed by atoms with Crippen LogP contribution in [-0.4, -0.2) is 32.3 Å². The molecule has 0 spiro atoms. The third-order valence-corrected chi connectivity index (χ3v) is 2.94. The quantitative estimate of drug-likeness (QED) is 0.676. The first-order valence-corrected chi connectivity index (χ1v) is 7.33. The van der Waals surface area contributed by atoms with Gasteiger partial charge in [-0.3, -0.25) is 4.79 Å². The summed E-state index contributed by atoms with van der Waals surface area (Å²) in [7, 11) is 0. The van der Waals surface area contributed by atoms with Gasteiger partial charge >= 0.3 is 0 Å². The summed E-state index contributed by atoms with van der Waals surface area (Å²) in [6.07, 6.45) is 3.02. The van der Waals surface area contributed by atoms with Gasteiger partial charge in [-0.25, -0.2) is 0 Å². The highest BCUT2D eigenvalue weighted by atomic mass is 35.5. The lowest BCUT2D eigenvalue weighted by Crippen LogP contribution is -2.30. The molecular formula is C15H22ClNO3. The van der Waals surface area contributed by atoms with Gasteiger partial charge in [0.05, 0.1) is 5.02 Å². The van der Waals surface area contributed by atoms with Gasteiger partial charge in [0.1, 0.15) is 5.75 Å². The van der Waals surface area contributed by atoms with E-state index >= 15 is 0 Å². The molecule has 0 saturated heterocycles. The fourth-order valence-corrected chi connectivity index (χ4v) is 1.70. The van der Waals surface area contributed by atoms with Gasteiger partial charge in [-0.2, -0.15) is 0 Å². The number of halogens is 1. The highest BCUT2D eigenvalue weighted by molar-refractivity contribution is 6.32. The molecule has 1 aromatic rings. The fourth-order valence-electron chi connectivity index (χ4n) is 1.51. The molecular weight excluding hydrogens is 278 g/mol. The van der Waals surface area contributed by atoms with Crippen molar-refractivity contribution in [2.75, 3.05) is 26.4 Å². The molecule has 112 valence electrons. The summed E-state index contributed by atoms with van der Waals surface area (Å²) in [5.41, 5.74) is 0. The number of benzene rings is 1. The number of hydrogen-bond acceptors (Lipinski definition) is 3. The van der Waals surface area contributed by atoms with Crippen molar-refractivity contribution in [3.8, 4) is 5.75 Å². The Labute approximate surface area is 125 Å². The van der Waals surface area contributed by atoms with Crippen LogP contribution in [0.1, 0.15) is 26.2 Å². The average Bonchev–Trinajstić information content (AvgIpc) is 2.45. The zero-order valence-electron chi connectivity index (χ0n) is 11.9. The monoisotopic (exact) mass is 299 g/mol. The molecule has 4 nitrogen and oxygen atoms in total. The van der Waals surface area contributed by atoms with Crippen LogP contribution in [0.3, 0.4) is 0 Å². The second kappa shape index (κ2) is 10.5. The number of rotatable bonds is 10. The maximum Gasteiger partial charge on any atom is 0.257 e. The average molecular weight is 300 g/mol. The molecule has 0 atom stereocenters. The molecule has 0 saturated carbocycles. The number of ether oxygens (including phenoxy) is 2. The summed E-state index contributed by atoms with van der Waals surface area (Å²) in [4.78, 5) is 11.5. The summed E-state index contributed by atoms with van der Waals surface area (Å²) >= 11 is 5.92. The Balaban J connectivity index is 2.05. The number of carbonyl (C=O) groups is 1. The molecule has 20 heavy (non-hydrogen) atoms. The number of nitrogens with one attached hydrogen (secondary N) is 1. The second-order valence-corrected chi connectivity index (χ2v) is 4.80. The van der Waals surface area contributed by atoms with E-state index in [1.807, 2.05) is 12.1 Å².